The van der Waals surface area contributed by atoms with E-state index < -0.39 is 5.97 Å². The molecule has 0 aliphatic rings. The van der Waals surface area contributed by atoms with Crippen molar-refractivity contribution in [3.05, 3.63) is 41.6 Å². The molecule has 2 rings (SSSR count). The Hall–Kier alpha value is -2.63. The summed E-state index contributed by atoms with van der Waals surface area (Å²) in [5.41, 5.74) is 2.29. The lowest BCUT2D eigenvalue weighted by Gasteiger charge is -2.32. The molecule has 2 aromatic rings. The smallest absolute Gasteiger partial charge is 0.356 e. The van der Waals surface area contributed by atoms with Crippen LogP contribution < -0.4 is 10.6 Å². The fraction of sp³-hybridized carbons (Fsp3) is 0.476. The highest BCUT2D eigenvalue weighted by atomic mass is 16.5. The average Bonchev–Trinajstić information content (AvgIpc) is 2.61. The van der Waals surface area contributed by atoms with Gasteiger partial charge in [-0.25, -0.2) is 9.78 Å². The highest BCUT2D eigenvalue weighted by molar-refractivity contribution is 5.88. The standard InChI is InChI=1S/C21H30N4O2/c1-7-8-17(21(3,4)5)24-18-13-16(19(26)27-6)23-20(25-18)22-15-11-9-14(2)10-12-15/h9-13,17H,7-8H2,1-6H3,(H2,22,23,24,25). The molecule has 1 unspecified atom stereocenters. The Labute approximate surface area is 161 Å². The van der Waals surface area contributed by atoms with Gasteiger partial charge >= 0.3 is 5.97 Å². The lowest BCUT2D eigenvalue weighted by atomic mass is 9.84. The molecule has 0 radical (unpaired) electrons. The number of benzene rings is 1. The molecule has 1 heterocycles. The Morgan fingerprint density at radius 1 is 1.19 bits per heavy atom. The van der Waals surface area contributed by atoms with Crippen LogP contribution in [0.2, 0.25) is 0 Å². The summed E-state index contributed by atoms with van der Waals surface area (Å²) in [4.78, 5) is 20.9. The van der Waals surface area contributed by atoms with E-state index in [0.717, 1.165) is 18.5 Å². The molecule has 1 aromatic carbocycles. The van der Waals surface area contributed by atoms with E-state index in [9.17, 15) is 4.79 Å². The lowest BCUT2D eigenvalue weighted by Crippen LogP contribution is -2.34. The van der Waals surface area contributed by atoms with Gasteiger partial charge in [0.05, 0.1) is 7.11 Å². The second-order valence-corrected chi connectivity index (χ2v) is 7.80. The van der Waals surface area contributed by atoms with Gasteiger partial charge in [0.25, 0.3) is 0 Å². The van der Waals surface area contributed by atoms with E-state index in [-0.39, 0.29) is 17.2 Å². The number of anilines is 3. The van der Waals surface area contributed by atoms with Crippen LogP contribution in [0.15, 0.2) is 30.3 Å². The van der Waals surface area contributed by atoms with Crippen molar-refractivity contribution in [1.29, 1.82) is 0 Å². The zero-order valence-electron chi connectivity index (χ0n) is 17.1. The average molecular weight is 370 g/mol. The molecule has 0 fully saturated rings. The minimum atomic E-state index is -0.491. The van der Waals surface area contributed by atoms with Gasteiger partial charge in [-0.1, -0.05) is 51.8 Å². The maximum Gasteiger partial charge on any atom is 0.356 e. The van der Waals surface area contributed by atoms with Gasteiger partial charge < -0.3 is 15.4 Å². The third-order valence-electron chi connectivity index (χ3n) is 4.37. The number of carbonyl (C=O) groups is 1. The Kier molecular flexibility index (Phi) is 6.77. The lowest BCUT2D eigenvalue weighted by molar-refractivity contribution is 0.0594. The van der Waals surface area contributed by atoms with Gasteiger partial charge in [0.2, 0.25) is 5.95 Å². The van der Waals surface area contributed by atoms with Crippen molar-refractivity contribution in [3.63, 3.8) is 0 Å². The molecular formula is C21H30N4O2. The van der Waals surface area contributed by atoms with Crippen molar-refractivity contribution in [1.82, 2.24) is 9.97 Å². The number of hydrogen-bond acceptors (Lipinski definition) is 6. The van der Waals surface area contributed by atoms with Crippen LogP contribution in [-0.2, 0) is 4.74 Å². The van der Waals surface area contributed by atoms with Gasteiger partial charge in [0.15, 0.2) is 5.69 Å². The highest BCUT2D eigenvalue weighted by Crippen LogP contribution is 2.27. The van der Waals surface area contributed by atoms with Gasteiger partial charge in [0.1, 0.15) is 5.82 Å². The topological polar surface area (TPSA) is 76.1 Å². The fourth-order valence-electron chi connectivity index (χ4n) is 2.74. The van der Waals surface area contributed by atoms with E-state index in [1.165, 1.54) is 12.7 Å². The largest absolute Gasteiger partial charge is 0.464 e. The quantitative estimate of drug-likeness (QED) is 0.672. The van der Waals surface area contributed by atoms with E-state index >= 15 is 0 Å². The molecule has 6 nitrogen and oxygen atoms in total. The maximum absolute atomic E-state index is 12.1. The Bertz CT molecular complexity index is 767. The summed E-state index contributed by atoms with van der Waals surface area (Å²) in [6, 6.07) is 9.76. The molecule has 0 saturated carbocycles. The monoisotopic (exact) mass is 370 g/mol. The van der Waals surface area contributed by atoms with Crippen molar-refractivity contribution in [2.75, 3.05) is 17.7 Å². The molecule has 6 heteroatoms. The molecular weight excluding hydrogens is 340 g/mol. The van der Waals surface area contributed by atoms with Gasteiger partial charge in [-0.15, -0.1) is 0 Å². The predicted octanol–water partition coefficient (Wildman–Crippen LogP) is 4.94. The first-order valence-corrected chi connectivity index (χ1v) is 9.30. The summed E-state index contributed by atoms with van der Waals surface area (Å²) in [5.74, 6) is 0.469. The van der Waals surface area contributed by atoms with Crippen LogP contribution in [0.25, 0.3) is 0 Å². The number of aromatic nitrogens is 2. The van der Waals surface area contributed by atoms with Crippen molar-refractivity contribution in [3.8, 4) is 0 Å². The number of carbonyl (C=O) groups excluding carboxylic acids is 1. The van der Waals surface area contributed by atoms with Crippen LogP contribution in [0, 0.1) is 12.3 Å². The van der Waals surface area contributed by atoms with E-state index in [1.807, 2.05) is 31.2 Å². The number of esters is 1. The summed E-state index contributed by atoms with van der Waals surface area (Å²) >= 11 is 0. The first-order chi connectivity index (χ1) is 12.7. The zero-order valence-corrected chi connectivity index (χ0v) is 17.1. The zero-order chi connectivity index (χ0) is 20.0. The third kappa shape index (κ3) is 5.94. The van der Waals surface area contributed by atoms with E-state index in [0.29, 0.717) is 11.8 Å². The molecule has 27 heavy (non-hydrogen) atoms. The first kappa shape index (κ1) is 20.7. The second-order valence-electron chi connectivity index (χ2n) is 7.80. The number of ether oxygens (including phenoxy) is 1. The van der Waals surface area contributed by atoms with Crippen molar-refractivity contribution in [2.24, 2.45) is 5.41 Å². The van der Waals surface area contributed by atoms with Crippen LogP contribution in [-0.4, -0.2) is 29.1 Å². The number of aryl methyl sites for hydroxylation is 1. The molecule has 0 amide bonds. The van der Waals surface area contributed by atoms with Gasteiger partial charge in [0, 0.05) is 17.8 Å². The van der Waals surface area contributed by atoms with E-state index in [2.05, 4.69) is 48.3 Å². The Morgan fingerprint density at radius 3 is 2.41 bits per heavy atom. The SMILES string of the molecule is CCCC(Nc1cc(C(=O)OC)nc(Nc2ccc(C)cc2)n1)C(C)(C)C. The predicted molar refractivity (Wildman–Crippen MR) is 110 cm³/mol. The minimum absolute atomic E-state index is 0.0525. The Morgan fingerprint density at radius 2 is 1.85 bits per heavy atom. The normalized spacial score (nSPS) is 12.4. The fourth-order valence-corrected chi connectivity index (χ4v) is 2.74. The van der Waals surface area contributed by atoms with Crippen LogP contribution in [0.3, 0.4) is 0 Å². The molecule has 0 aliphatic carbocycles. The molecule has 0 aliphatic heterocycles. The van der Waals surface area contributed by atoms with E-state index in [4.69, 9.17) is 4.74 Å². The van der Waals surface area contributed by atoms with Gasteiger partial charge in [-0.3, -0.25) is 0 Å². The van der Waals surface area contributed by atoms with E-state index in [1.54, 1.807) is 6.07 Å². The highest BCUT2D eigenvalue weighted by Gasteiger charge is 2.25. The van der Waals surface area contributed by atoms with Crippen molar-refractivity contribution in [2.45, 2.75) is 53.5 Å². The number of rotatable bonds is 7. The summed E-state index contributed by atoms with van der Waals surface area (Å²) in [6.07, 6.45) is 2.06. The van der Waals surface area contributed by atoms with Crippen LogP contribution in [0.1, 0.15) is 56.6 Å². The molecule has 146 valence electrons. The molecule has 0 saturated heterocycles. The first-order valence-electron chi connectivity index (χ1n) is 9.30. The minimum Gasteiger partial charge on any atom is -0.464 e. The number of methoxy groups -OCH3 is 1. The van der Waals surface area contributed by atoms with Gasteiger partial charge in [-0.05, 0) is 30.9 Å². The summed E-state index contributed by atoms with van der Waals surface area (Å²) in [5, 5.41) is 6.64. The second kappa shape index (κ2) is 8.84. The van der Waals surface area contributed by atoms with Crippen LogP contribution in [0.4, 0.5) is 17.5 Å². The Balaban J connectivity index is 2.35. The van der Waals surface area contributed by atoms with Crippen molar-refractivity contribution < 1.29 is 9.53 Å². The maximum atomic E-state index is 12.1. The molecule has 1 aromatic heterocycles. The van der Waals surface area contributed by atoms with Crippen LogP contribution >= 0.6 is 0 Å². The van der Waals surface area contributed by atoms with Crippen LogP contribution in [0.5, 0.6) is 0 Å². The number of nitrogens with zero attached hydrogens (tertiary/aromatic N) is 2. The summed E-state index contributed by atoms with van der Waals surface area (Å²) < 4.78 is 4.85. The third-order valence-corrected chi connectivity index (χ3v) is 4.37. The van der Waals surface area contributed by atoms with Gasteiger partial charge in [-0.2, -0.15) is 4.98 Å². The molecule has 0 bridgehead atoms. The summed E-state index contributed by atoms with van der Waals surface area (Å²) in [6.45, 7) is 10.8. The molecule has 2 N–H and O–H groups in total. The number of hydrogen-bond donors (Lipinski definition) is 2. The number of nitrogens with one attached hydrogen (secondary N) is 2. The molecule has 1 atom stereocenters. The van der Waals surface area contributed by atoms with Crippen molar-refractivity contribution >= 4 is 23.4 Å². The molecule has 0 spiro atoms. The summed E-state index contributed by atoms with van der Waals surface area (Å²) in [7, 11) is 1.35.